The van der Waals surface area contributed by atoms with Crippen molar-refractivity contribution in [3.63, 3.8) is 0 Å². The van der Waals surface area contributed by atoms with Crippen LogP contribution in [0.2, 0.25) is 0 Å². The zero-order valence-corrected chi connectivity index (χ0v) is 11.2. The summed E-state index contributed by atoms with van der Waals surface area (Å²) in [7, 11) is 0. The predicted molar refractivity (Wildman–Crippen MR) is 72.3 cm³/mol. The van der Waals surface area contributed by atoms with E-state index in [-0.39, 0.29) is 0 Å². The molecule has 0 radical (unpaired) electrons. The van der Waals surface area contributed by atoms with Gasteiger partial charge in [-0.2, -0.15) is 0 Å². The summed E-state index contributed by atoms with van der Waals surface area (Å²) in [5.41, 5.74) is 7.31. The van der Waals surface area contributed by atoms with Crippen molar-refractivity contribution in [2.24, 2.45) is 17.6 Å². The van der Waals surface area contributed by atoms with Gasteiger partial charge in [0.2, 0.25) is 0 Å². The molecule has 1 fully saturated rings. The van der Waals surface area contributed by atoms with Gasteiger partial charge in [0.05, 0.1) is 0 Å². The Hall–Kier alpha value is -0.340. The molecule has 0 spiro atoms. The first-order valence-electron chi connectivity index (χ1n) is 6.24. The van der Waals surface area contributed by atoms with Gasteiger partial charge in [-0.15, -0.1) is 0 Å². The first-order valence-corrected chi connectivity index (χ1v) is 7.03. The maximum Gasteiger partial charge on any atom is 0.0177 e. The van der Waals surface area contributed by atoms with Crippen LogP contribution in [0, 0.1) is 11.8 Å². The fourth-order valence-electron chi connectivity index (χ4n) is 2.83. The summed E-state index contributed by atoms with van der Waals surface area (Å²) in [5, 5.41) is 0. The van der Waals surface area contributed by atoms with Crippen molar-refractivity contribution in [3.05, 3.63) is 34.3 Å². The Morgan fingerprint density at radius 3 is 2.62 bits per heavy atom. The molecule has 16 heavy (non-hydrogen) atoms. The summed E-state index contributed by atoms with van der Waals surface area (Å²) in [6.07, 6.45) is 6.64. The minimum absolute atomic E-state index is 0.743. The lowest BCUT2D eigenvalue weighted by Crippen LogP contribution is -2.28. The molecular formula is C14H20BrN. The Balaban J connectivity index is 2.02. The summed E-state index contributed by atoms with van der Waals surface area (Å²) in [6.45, 7) is 0.860. The van der Waals surface area contributed by atoms with E-state index in [1.165, 1.54) is 42.1 Å². The molecular weight excluding hydrogens is 262 g/mol. The van der Waals surface area contributed by atoms with Gasteiger partial charge in [-0.25, -0.2) is 0 Å². The summed E-state index contributed by atoms with van der Waals surface area (Å²) >= 11 is 3.53. The fourth-order valence-corrected chi connectivity index (χ4v) is 3.28. The van der Waals surface area contributed by atoms with Gasteiger partial charge in [0.1, 0.15) is 0 Å². The molecule has 1 nitrogen and oxygen atoms in total. The van der Waals surface area contributed by atoms with Crippen LogP contribution in [0.4, 0.5) is 0 Å². The molecule has 1 aromatic rings. The van der Waals surface area contributed by atoms with Crippen LogP contribution in [0.25, 0.3) is 0 Å². The minimum Gasteiger partial charge on any atom is -0.330 e. The van der Waals surface area contributed by atoms with Crippen LogP contribution in [0.5, 0.6) is 0 Å². The van der Waals surface area contributed by atoms with E-state index >= 15 is 0 Å². The molecule has 2 rings (SSSR count). The third kappa shape index (κ3) is 3.08. The second kappa shape index (κ2) is 5.83. The largest absolute Gasteiger partial charge is 0.330 e. The molecule has 2 unspecified atom stereocenters. The molecule has 88 valence electrons. The average Bonchev–Trinajstić information content (AvgIpc) is 2.30. The van der Waals surface area contributed by atoms with Crippen LogP contribution < -0.4 is 5.73 Å². The molecule has 1 aliphatic rings. The van der Waals surface area contributed by atoms with Crippen molar-refractivity contribution in [1.29, 1.82) is 0 Å². The molecule has 2 atom stereocenters. The van der Waals surface area contributed by atoms with Gasteiger partial charge in [0.25, 0.3) is 0 Å². The molecule has 0 aromatic heterocycles. The SMILES string of the molecule is NCC1CCCCC1Cc1cccc(Br)c1. The first-order chi connectivity index (χ1) is 7.79. The number of benzene rings is 1. The smallest absolute Gasteiger partial charge is 0.0177 e. The zero-order valence-electron chi connectivity index (χ0n) is 9.66. The van der Waals surface area contributed by atoms with Gasteiger partial charge in [0.15, 0.2) is 0 Å². The average molecular weight is 282 g/mol. The third-order valence-corrected chi connectivity index (χ3v) is 4.25. The lowest BCUT2D eigenvalue weighted by atomic mass is 9.76. The van der Waals surface area contributed by atoms with Crippen LogP contribution in [-0.4, -0.2) is 6.54 Å². The normalized spacial score (nSPS) is 25.6. The summed E-state index contributed by atoms with van der Waals surface area (Å²) in [6, 6.07) is 8.68. The summed E-state index contributed by atoms with van der Waals surface area (Å²) in [4.78, 5) is 0. The maximum absolute atomic E-state index is 5.87. The van der Waals surface area contributed by atoms with E-state index in [2.05, 4.69) is 40.2 Å². The molecule has 0 amide bonds. The van der Waals surface area contributed by atoms with Crippen molar-refractivity contribution in [2.75, 3.05) is 6.54 Å². The highest BCUT2D eigenvalue weighted by atomic mass is 79.9. The highest BCUT2D eigenvalue weighted by molar-refractivity contribution is 9.10. The number of rotatable bonds is 3. The number of hydrogen-bond donors (Lipinski definition) is 1. The molecule has 0 saturated heterocycles. The van der Waals surface area contributed by atoms with E-state index in [0.29, 0.717) is 0 Å². The standard InChI is InChI=1S/C14H20BrN/c15-14-7-3-4-11(9-14)8-12-5-1-2-6-13(12)10-16/h3-4,7,9,12-13H,1-2,5-6,8,10,16H2. The molecule has 0 aliphatic heterocycles. The summed E-state index contributed by atoms with van der Waals surface area (Å²) < 4.78 is 1.19. The quantitative estimate of drug-likeness (QED) is 0.897. The lowest BCUT2D eigenvalue weighted by molar-refractivity contribution is 0.242. The number of halogens is 1. The molecule has 1 aliphatic carbocycles. The molecule has 0 heterocycles. The minimum atomic E-state index is 0.743. The van der Waals surface area contributed by atoms with Gasteiger partial charge in [0, 0.05) is 4.47 Å². The van der Waals surface area contributed by atoms with Gasteiger partial charge < -0.3 is 5.73 Å². The van der Waals surface area contributed by atoms with E-state index in [9.17, 15) is 0 Å². The lowest BCUT2D eigenvalue weighted by Gasteiger charge is -2.30. The molecule has 1 aromatic carbocycles. The Morgan fingerprint density at radius 2 is 1.94 bits per heavy atom. The second-order valence-corrected chi connectivity index (χ2v) is 5.79. The van der Waals surface area contributed by atoms with Crippen molar-refractivity contribution < 1.29 is 0 Å². The van der Waals surface area contributed by atoms with Gasteiger partial charge >= 0.3 is 0 Å². The van der Waals surface area contributed by atoms with Crippen LogP contribution in [-0.2, 0) is 6.42 Å². The molecule has 2 heteroatoms. The van der Waals surface area contributed by atoms with Gasteiger partial charge in [-0.1, -0.05) is 40.9 Å². The fraction of sp³-hybridized carbons (Fsp3) is 0.571. The monoisotopic (exact) mass is 281 g/mol. The Kier molecular flexibility index (Phi) is 4.42. The van der Waals surface area contributed by atoms with Crippen LogP contribution in [0.3, 0.4) is 0 Å². The van der Waals surface area contributed by atoms with Crippen molar-refractivity contribution >= 4 is 15.9 Å². The van der Waals surface area contributed by atoms with Crippen molar-refractivity contribution in [2.45, 2.75) is 32.1 Å². The van der Waals surface area contributed by atoms with Crippen LogP contribution in [0.15, 0.2) is 28.7 Å². The first kappa shape index (κ1) is 12.1. The van der Waals surface area contributed by atoms with Crippen molar-refractivity contribution in [1.82, 2.24) is 0 Å². The van der Waals surface area contributed by atoms with Gasteiger partial charge in [-0.3, -0.25) is 0 Å². The van der Waals surface area contributed by atoms with Gasteiger partial charge in [-0.05, 0) is 55.3 Å². The van der Waals surface area contributed by atoms with Crippen LogP contribution in [0.1, 0.15) is 31.2 Å². The zero-order chi connectivity index (χ0) is 11.4. The Morgan fingerprint density at radius 1 is 1.19 bits per heavy atom. The summed E-state index contributed by atoms with van der Waals surface area (Å²) in [5.74, 6) is 1.54. The number of hydrogen-bond acceptors (Lipinski definition) is 1. The molecule has 1 saturated carbocycles. The van der Waals surface area contributed by atoms with E-state index in [0.717, 1.165) is 18.4 Å². The molecule has 0 bridgehead atoms. The number of nitrogens with two attached hydrogens (primary N) is 1. The van der Waals surface area contributed by atoms with Crippen LogP contribution >= 0.6 is 15.9 Å². The topological polar surface area (TPSA) is 26.0 Å². The second-order valence-electron chi connectivity index (χ2n) is 4.87. The third-order valence-electron chi connectivity index (χ3n) is 3.76. The van der Waals surface area contributed by atoms with E-state index in [4.69, 9.17) is 5.73 Å². The maximum atomic E-state index is 5.87. The van der Waals surface area contributed by atoms with Crippen molar-refractivity contribution in [3.8, 4) is 0 Å². The Bertz CT molecular complexity index is 337. The van der Waals surface area contributed by atoms with E-state index in [1.807, 2.05) is 0 Å². The highest BCUT2D eigenvalue weighted by Crippen LogP contribution is 2.32. The highest BCUT2D eigenvalue weighted by Gasteiger charge is 2.23. The predicted octanol–water partition coefficient (Wildman–Crippen LogP) is 3.76. The van der Waals surface area contributed by atoms with E-state index in [1.54, 1.807) is 0 Å². The Labute approximate surface area is 107 Å². The van der Waals surface area contributed by atoms with E-state index < -0.39 is 0 Å². The molecule has 2 N–H and O–H groups in total.